The molecule has 0 bridgehead atoms. The first-order chi connectivity index (χ1) is 7.57. The third kappa shape index (κ3) is 9.46. The van der Waals surface area contributed by atoms with E-state index in [0.717, 1.165) is 19.6 Å². The van der Waals surface area contributed by atoms with Gasteiger partial charge in [-0.15, -0.1) is 0 Å². The number of hydrogen-bond acceptors (Lipinski definition) is 4. The number of hydrogen-bond donors (Lipinski definition) is 1. The van der Waals surface area contributed by atoms with Crippen molar-refractivity contribution in [3.63, 3.8) is 0 Å². The second kappa shape index (κ2) is 10.4. The molecule has 0 amide bonds. The molecule has 0 fully saturated rings. The minimum atomic E-state index is 0.679. The highest BCUT2D eigenvalue weighted by Crippen LogP contribution is 2.02. The van der Waals surface area contributed by atoms with Crippen molar-refractivity contribution >= 4 is 11.8 Å². The van der Waals surface area contributed by atoms with Crippen LogP contribution in [0.3, 0.4) is 0 Å². The topological polar surface area (TPSA) is 18.5 Å². The van der Waals surface area contributed by atoms with E-state index in [9.17, 15) is 0 Å². The average Bonchev–Trinajstić information content (AvgIpc) is 2.22. The lowest BCUT2D eigenvalue weighted by Gasteiger charge is -2.24. The Balaban J connectivity index is 3.30. The molecule has 0 aromatic carbocycles. The fourth-order valence-electron chi connectivity index (χ4n) is 1.49. The van der Waals surface area contributed by atoms with Gasteiger partial charge in [-0.2, -0.15) is 11.8 Å². The molecule has 0 saturated carbocycles. The number of likely N-dealkylation sites (N-methyl/N-ethyl adjacent to an activating group) is 1. The highest BCUT2D eigenvalue weighted by atomic mass is 32.2. The summed E-state index contributed by atoms with van der Waals surface area (Å²) in [7, 11) is 6.46. The Bertz CT molecular complexity index is 153. The first-order valence-electron chi connectivity index (χ1n) is 6.12. The highest BCUT2D eigenvalue weighted by molar-refractivity contribution is 7.98. The lowest BCUT2D eigenvalue weighted by Crippen LogP contribution is -2.37. The minimum absolute atomic E-state index is 0.679. The molecule has 0 aliphatic rings. The minimum Gasteiger partial charge on any atom is -0.315 e. The van der Waals surface area contributed by atoms with Gasteiger partial charge in [0.1, 0.15) is 0 Å². The third-order valence-electron chi connectivity index (χ3n) is 2.76. The summed E-state index contributed by atoms with van der Waals surface area (Å²) in [6.07, 6.45) is 3.40. The van der Waals surface area contributed by atoms with Crippen LogP contribution in [0.15, 0.2) is 0 Å². The van der Waals surface area contributed by atoms with E-state index in [-0.39, 0.29) is 0 Å². The van der Waals surface area contributed by atoms with E-state index < -0.39 is 0 Å². The monoisotopic (exact) mass is 247 g/mol. The average molecular weight is 247 g/mol. The second-order valence-corrected chi connectivity index (χ2v) is 5.60. The van der Waals surface area contributed by atoms with Crippen molar-refractivity contribution in [2.75, 3.05) is 59.3 Å². The molecular weight excluding hydrogens is 218 g/mol. The van der Waals surface area contributed by atoms with Crippen LogP contribution in [0.5, 0.6) is 0 Å². The van der Waals surface area contributed by atoms with E-state index in [1.807, 2.05) is 11.8 Å². The van der Waals surface area contributed by atoms with Crippen LogP contribution in [0.1, 0.15) is 13.3 Å². The van der Waals surface area contributed by atoms with Crippen molar-refractivity contribution in [2.45, 2.75) is 19.4 Å². The highest BCUT2D eigenvalue weighted by Gasteiger charge is 2.06. The van der Waals surface area contributed by atoms with Gasteiger partial charge in [0.25, 0.3) is 0 Å². The van der Waals surface area contributed by atoms with E-state index in [1.165, 1.54) is 18.7 Å². The largest absolute Gasteiger partial charge is 0.315 e. The van der Waals surface area contributed by atoms with Crippen LogP contribution in [0, 0.1) is 0 Å². The molecule has 16 heavy (non-hydrogen) atoms. The van der Waals surface area contributed by atoms with Crippen LogP contribution in [-0.2, 0) is 0 Å². The quantitative estimate of drug-likeness (QED) is 0.585. The van der Waals surface area contributed by atoms with Crippen LogP contribution in [0.4, 0.5) is 0 Å². The van der Waals surface area contributed by atoms with Crippen molar-refractivity contribution in [1.82, 2.24) is 15.1 Å². The Labute approximate surface area is 106 Å². The van der Waals surface area contributed by atoms with E-state index in [0.29, 0.717) is 6.04 Å². The summed E-state index contributed by atoms with van der Waals surface area (Å²) in [5, 5.41) is 3.49. The molecule has 0 radical (unpaired) electrons. The summed E-state index contributed by atoms with van der Waals surface area (Å²) in [5.74, 6) is 1.22. The van der Waals surface area contributed by atoms with Crippen molar-refractivity contribution in [1.29, 1.82) is 0 Å². The van der Waals surface area contributed by atoms with Crippen molar-refractivity contribution in [2.24, 2.45) is 0 Å². The fourth-order valence-corrected chi connectivity index (χ4v) is 2.23. The molecule has 0 spiro atoms. The summed E-state index contributed by atoms with van der Waals surface area (Å²) < 4.78 is 0. The van der Waals surface area contributed by atoms with Gasteiger partial charge in [0, 0.05) is 24.9 Å². The van der Waals surface area contributed by atoms with Gasteiger partial charge in [-0.25, -0.2) is 0 Å². The molecule has 0 aromatic rings. The zero-order chi connectivity index (χ0) is 12.4. The number of rotatable bonds is 10. The smallest absolute Gasteiger partial charge is 0.0155 e. The Morgan fingerprint density at radius 1 is 1.12 bits per heavy atom. The second-order valence-electron chi connectivity index (χ2n) is 4.69. The maximum Gasteiger partial charge on any atom is 0.0155 e. The summed E-state index contributed by atoms with van der Waals surface area (Å²) in [6, 6.07) is 0.679. The number of nitrogens with one attached hydrogen (secondary N) is 1. The summed E-state index contributed by atoms with van der Waals surface area (Å²) in [4.78, 5) is 4.66. The zero-order valence-corrected chi connectivity index (χ0v) is 12.4. The molecule has 3 nitrogen and oxygen atoms in total. The molecule has 98 valence electrons. The predicted octanol–water partition coefficient (Wildman–Crippen LogP) is 1.21. The first-order valence-corrected chi connectivity index (χ1v) is 7.52. The Morgan fingerprint density at radius 2 is 1.81 bits per heavy atom. The molecule has 4 heteroatoms. The van der Waals surface area contributed by atoms with E-state index >= 15 is 0 Å². The first kappa shape index (κ1) is 16.2. The van der Waals surface area contributed by atoms with Crippen LogP contribution >= 0.6 is 11.8 Å². The summed E-state index contributed by atoms with van der Waals surface area (Å²) in [6.45, 7) is 6.84. The molecule has 0 saturated heterocycles. The van der Waals surface area contributed by atoms with Gasteiger partial charge in [0.2, 0.25) is 0 Å². The molecular formula is C12H29N3S. The van der Waals surface area contributed by atoms with Crippen molar-refractivity contribution in [3.8, 4) is 0 Å². The maximum atomic E-state index is 3.49. The van der Waals surface area contributed by atoms with Crippen LogP contribution in [-0.4, -0.2) is 75.2 Å². The third-order valence-corrected chi connectivity index (χ3v) is 3.58. The van der Waals surface area contributed by atoms with Gasteiger partial charge < -0.3 is 15.1 Å². The predicted molar refractivity (Wildman–Crippen MR) is 76.5 cm³/mol. The SMILES string of the molecule is CSCC(C)N(C)CCNCCCN(C)C. The summed E-state index contributed by atoms with van der Waals surface area (Å²) in [5.41, 5.74) is 0. The molecule has 0 rings (SSSR count). The molecule has 1 N–H and O–H groups in total. The maximum absolute atomic E-state index is 3.49. The van der Waals surface area contributed by atoms with Gasteiger partial charge in [0.05, 0.1) is 0 Å². The van der Waals surface area contributed by atoms with Crippen LogP contribution in [0.25, 0.3) is 0 Å². The van der Waals surface area contributed by atoms with E-state index in [4.69, 9.17) is 0 Å². The molecule has 0 heterocycles. The van der Waals surface area contributed by atoms with E-state index in [2.05, 4.69) is 49.4 Å². The van der Waals surface area contributed by atoms with Gasteiger partial charge in [-0.05, 0) is 53.8 Å². The van der Waals surface area contributed by atoms with Gasteiger partial charge in [-0.3, -0.25) is 0 Å². The van der Waals surface area contributed by atoms with E-state index in [1.54, 1.807) is 0 Å². The Kier molecular flexibility index (Phi) is 10.5. The van der Waals surface area contributed by atoms with Crippen molar-refractivity contribution < 1.29 is 0 Å². The lowest BCUT2D eigenvalue weighted by molar-refractivity contribution is 0.276. The molecule has 1 atom stereocenters. The fraction of sp³-hybridized carbons (Fsp3) is 1.00. The number of thioether (sulfide) groups is 1. The molecule has 0 aliphatic carbocycles. The van der Waals surface area contributed by atoms with Crippen LogP contribution in [0.2, 0.25) is 0 Å². The molecule has 0 aromatic heterocycles. The van der Waals surface area contributed by atoms with Crippen molar-refractivity contribution in [3.05, 3.63) is 0 Å². The molecule has 0 aliphatic heterocycles. The standard InChI is InChI=1S/C12H29N3S/c1-12(11-16-5)15(4)10-8-13-7-6-9-14(2)3/h12-13H,6-11H2,1-5H3. The summed E-state index contributed by atoms with van der Waals surface area (Å²) >= 11 is 1.92. The number of nitrogens with zero attached hydrogens (tertiary/aromatic N) is 2. The molecule has 1 unspecified atom stereocenters. The van der Waals surface area contributed by atoms with Gasteiger partial charge in [-0.1, -0.05) is 0 Å². The van der Waals surface area contributed by atoms with Gasteiger partial charge in [0.15, 0.2) is 0 Å². The Hall–Kier alpha value is 0.230. The Morgan fingerprint density at radius 3 is 2.38 bits per heavy atom. The zero-order valence-electron chi connectivity index (χ0n) is 11.6. The lowest BCUT2D eigenvalue weighted by atomic mass is 10.3. The van der Waals surface area contributed by atoms with Crippen LogP contribution < -0.4 is 5.32 Å². The van der Waals surface area contributed by atoms with Gasteiger partial charge >= 0.3 is 0 Å². The normalized spacial score (nSPS) is 13.7.